The number of aromatic nitrogens is 2. The van der Waals surface area contributed by atoms with Crippen molar-refractivity contribution >= 4 is 0 Å². The van der Waals surface area contributed by atoms with Crippen molar-refractivity contribution in [1.29, 1.82) is 0 Å². The maximum Gasteiger partial charge on any atom is 0.159 e. The molecule has 1 aromatic heterocycles. The third-order valence-electron chi connectivity index (χ3n) is 3.09. The van der Waals surface area contributed by atoms with Crippen LogP contribution >= 0.6 is 0 Å². The van der Waals surface area contributed by atoms with E-state index in [1.807, 2.05) is 4.68 Å². The maximum atomic E-state index is 5.40. The first-order valence-electron chi connectivity index (χ1n) is 6.90. The summed E-state index contributed by atoms with van der Waals surface area (Å²) in [5.74, 6) is 1.41. The Morgan fingerprint density at radius 1 is 1.32 bits per heavy atom. The van der Waals surface area contributed by atoms with Crippen molar-refractivity contribution in [3.63, 3.8) is 0 Å². The molecule has 1 heterocycles. The lowest BCUT2D eigenvalue weighted by Crippen LogP contribution is -2.26. The SMILES string of the molecule is COCCNCC(C)Cc1c(OC)cnn1C(C)C. The summed E-state index contributed by atoms with van der Waals surface area (Å²) in [5, 5.41) is 7.79. The van der Waals surface area contributed by atoms with Crippen LogP contribution in [-0.4, -0.2) is 43.7 Å². The quantitative estimate of drug-likeness (QED) is 0.696. The molecule has 1 rings (SSSR count). The largest absolute Gasteiger partial charge is 0.493 e. The Morgan fingerprint density at radius 3 is 2.63 bits per heavy atom. The standard InChI is InChI=1S/C14H27N3O2/c1-11(2)17-13(14(19-5)10-16-17)8-12(3)9-15-6-7-18-4/h10-12,15H,6-9H2,1-5H3. The van der Waals surface area contributed by atoms with Gasteiger partial charge in [-0.25, -0.2) is 0 Å². The summed E-state index contributed by atoms with van der Waals surface area (Å²) in [6, 6.07) is 0.354. The Kier molecular flexibility index (Phi) is 6.87. The van der Waals surface area contributed by atoms with Gasteiger partial charge in [-0.3, -0.25) is 4.68 Å². The van der Waals surface area contributed by atoms with E-state index in [1.165, 1.54) is 5.69 Å². The molecule has 110 valence electrons. The molecule has 1 atom stereocenters. The van der Waals surface area contributed by atoms with Crippen LogP contribution in [0, 0.1) is 5.92 Å². The van der Waals surface area contributed by atoms with Crippen molar-refractivity contribution in [2.24, 2.45) is 5.92 Å². The smallest absolute Gasteiger partial charge is 0.159 e. The Balaban J connectivity index is 2.57. The Hall–Kier alpha value is -1.07. The molecule has 0 aromatic carbocycles. The minimum Gasteiger partial charge on any atom is -0.493 e. The van der Waals surface area contributed by atoms with Crippen LogP contribution in [0.4, 0.5) is 0 Å². The van der Waals surface area contributed by atoms with E-state index in [0.717, 1.165) is 31.9 Å². The van der Waals surface area contributed by atoms with Crippen LogP contribution in [0.2, 0.25) is 0 Å². The zero-order valence-electron chi connectivity index (χ0n) is 12.8. The summed E-state index contributed by atoms with van der Waals surface area (Å²) in [4.78, 5) is 0. The second kappa shape index (κ2) is 8.17. The molecule has 1 unspecified atom stereocenters. The van der Waals surface area contributed by atoms with Crippen molar-refractivity contribution < 1.29 is 9.47 Å². The van der Waals surface area contributed by atoms with Gasteiger partial charge in [0.05, 0.1) is 25.6 Å². The number of nitrogens with one attached hydrogen (secondary N) is 1. The first kappa shape index (κ1) is 16.0. The maximum absolute atomic E-state index is 5.40. The summed E-state index contributed by atoms with van der Waals surface area (Å²) < 4.78 is 12.5. The van der Waals surface area contributed by atoms with Gasteiger partial charge in [0.25, 0.3) is 0 Å². The Morgan fingerprint density at radius 2 is 2.05 bits per heavy atom. The van der Waals surface area contributed by atoms with Crippen LogP contribution in [0.3, 0.4) is 0 Å². The van der Waals surface area contributed by atoms with E-state index in [4.69, 9.17) is 9.47 Å². The average molecular weight is 269 g/mol. The number of methoxy groups -OCH3 is 2. The Labute approximate surface area is 116 Å². The fourth-order valence-corrected chi connectivity index (χ4v) is 2.11. The lowest BCUT2D eigenvalue weighted by Gasteiger charge is -2.16. The summed E-state index contributed by atoms with van der Waals surface area (Å²) in [6.45, 7) is 9.11. The summed E-state index contributed by atoms with van der Waals surface area (Å²) >= 11 is 0. The van der Waals surface area contributed by atoms with Crippen LogP contribution in [0.15, 0.2) is 6.20 Å². The molecule has 0 spiro atoms. The van der Waals surface area contributed by atoms with E-state index >= 15 is 0 Å². The highest BCUT2D eigenvalue weighted by Crippen LogP contribution is 2.23. The summed E-state index contributed by atoms with van der Waals surface area (Å²) in [6.07, 6.45) is 2.77. The molecule has 0 bridgehead atoms. The predicted octanol–water partition coefficient (Wildman–Crippen LogP) is 1.89. The van der Waals surface area contributed by atoms with Gasteiger partial charge < -0.3 is 14.8 Å². The van der Waals surface area contributed by atoms with Crippen molar-refractivity contribution in [2.75, 3.05) is 33.9 Å². The van der Waals surface area contributed by atoms with Crippen LogP contribution in [0.25, 0.3) is 0 Å². The molecule has 1 N–H and O–H groups in total. The monoisotopic (exact) mass is 269 g/mol. The lowest BCUT2D eigenvalue weighted by atomic mass is 10.0. The highest BCUT2D eigenvalue weighted by Gasteiger charge is 2.16. The van der Waals surface area contributed by atoms with Gasteiger partial charge in [-0.2, -0.15) is 5.10 Å². The first-order chi connectivity index (χ1) is 9.10. The third-order valence-corrected chi connectivity index (χ3v) is 3.09. The molecule has 0 radical (unpaired) electrons. The fraction of sp³-hybridized carbons (Fsp3) is 0.786. The molecule has 0 amide bonds. The molecular formula is C14H27N3O2. The fourth-order valence-electron chi connectivity index (χ4n) is 2.11. The van der Waals surface area contributed by atoms with Crippen LogP contribution in [0.5, 0.6) is 5.75 Å². The second-order valence-corrected chi connectivity index (χ2v) is 5.20. The number of hydrogen-bond donors (Lipinski definition) is 1. The van der Waals surface area contributed by atoms with Gasteiger partial charge in [-0.15, -0.1) is 0 Å². The van der Waals surface area contributed by atoms with Gasteiger partial charge in [-0.05, 0) is 32.7 Å². The van der Waals surface area contributed by atoms with Gasteiger partial charge in [-0.1, -0.05) is 6.92 Å². The van der Waals surface area contributed by atoms with Gasteiger partial charge in [0.15, 0.2) is 5.75 Å². The third kappa shape index (κ3) is 4.84. The highest BCUT2D eigenvalue weighted by atomic mass is 16.5. The normalized spacial score (nSPS) is 12.9. The molecule has 1 aromatic rings. The zero-order chi connectivity index (χ0) is 14.3. The molecule has 5 heteroatoms. The van der Waals surface area contributed by atoms with Crippen LogP contribution in [0.1, 0.15) is 32.5 Å². The molecule has 0 saturated carbocycles. The van der Waals surface area contributed by atoms with Crippen molar-refractivity contribution in [2.45, 2.75) is 33.2 Å². The molecule has 19 heavy (non-hydrogen) atoms. The minimum absolute atomic E-state index is 0.354. The number of rotatable bonds is 9. The summed E-state index contributed by atoms with van der Waals surface area (Å²) in [7, 11) is 3.42. The minimum atomic E-state index is 0.354. The molecule has 0 fully saturated rings. The van der Waals surface area contributed by atoms with Gasteiger partial charge >= 0.3 is 0 Å². The zero-order valence-corrected chi connectivity index (χ0v) is 12.8. The molecule has 0 aliphatic rings. The van der Waals surface area contributed by atoms with E-state index in [1.54, 1.807) is 20.4 Å². The highest BCUT2D eigenvalue weighted by molar-refractivity contribution is 5.26. The summed E-state index contributed by atoms with van der Waals surface area (Å²) in [5.41, 5.74) is 1.18. The van der Waals surface area contributed by atoms with Crippen molar-refractivity contribution in [3.05, 3.63) is 11.9 Å². The lowest BCUT2D eigenvalue weighted by molar-refractivity contribution is 0.198. The van der Waals surface area contributed by atoms with Gasteiger partial charge in [0.2, 0.25) is 0 Å². The molecule has 5 nitrogen and oxygen atoms in total. The van der Waals surface area contributed by atoms with Gasteiger partial charge in [0.1, 0.15) is 0 Å². The van der Waals surface area contributed by atoms with Crippen LogP contribution in [-0.2, 0) is 11.2 Å². The number of nitrogens with zero attached hydrogens (tertiary/aromatic N) is 2. The predicted molar refractivity (Wildman–Crippen MR) is 76.8 cm³/mol. The Bertz CT molecular complexity index is 364. The van der Waals surface area contributed by atoms with E-state index in [0.29, 0.717) is 12.0 Å². The topological polar surface area (TPSA) is 48.3 Å². The van der Waals surface area contributed by atoms with Gasteiger partial charge in [0, 0.05) is 19.7 Å². The average Bonchev–Trinajstić information content (AvgIpc) is 2.77. The van der Waals surface area contributed by atoms with Crippen molar-refractivity contribution in [1.82, 2.24) is 15.1 Å². The molecular weight excluding hydrogens is 242 g/mol. The van der Waals surface area contributed by atoms with E-state index < -0.39 is 0 Å². The molecule has 0 saturated heterocycles. The number of hydrogen-bond acceptors (Lipinski definition) is 4. The van der Waals surface area contributed by atoms with E-state index in [-0.39, 0.29) is 0 Å². The van der Waals surface area contributed by atoms with E-state index in [2.05, 4.69) is 31.2 Å². The van der Waals surface area contributed by atoms with Crippen LogP contribution < -0.4 is 10.1 Å². The van der Waals surface area contributed by atoms with E-state index in [9.17, 15) is 0 Å². The second-order valence-electron chi connectivity index (χ2n) is 5.20. The number of ether oxygens (including phenoxy) is 2. The first-order valence-corrected chi connectivity index (χ1v) is 6.90. The molecule has 0 aliphatic heterocycles. The molecule has 0 aliphatic carbocycles. The van der Waals surface area contributed by atoms with Crippen molar-refractivity contribution in [3.8, 4) is 5.75 Å².